The van der Waals surface area contributed by atoms with Crippen molar-refractivity contribution in [2.45, 2.75) is 25.8 Å². The van der Waals surface area contributed by atoms with Crippen molar-refractivity contribution < 1.29 is 8.76 Å². The third-order valence-corrected chi connectivity index (χ3v) is 5.27. The number of hydrogen-bond acceptors (Lipinski definition) is 3. The van der Waals surface area contributed by atoms with E-state index in [1.807, 2.05) is 0 Å². The van der Waals surface area contributed by atoms with E-state index in [2.05, 4.69) is 12.2 Å². The molecule has 82 valence electrons. The molecule has 0 aromatic rings. The third-order valence-electron chi connectivity index (χ3n) is 2.01. The van der Waals surface area contributed by atoms with Crippen LogP contribution in [-0.2, 0) is 14.4 Å². The van der Waals surface area contributed by atoms with Gasteiger partial charge < -0.3 is 5.32 Å². The van der Waals surface area contributed by atoms with E-state index in [1.54, 1.807) is 11.8 Å². The van der Waals surface area contributed by atoms with Crippen LogP contribution in [0.4, 0.5) is 0 Å². The van der Waals surface area contributed by atoms with Crippen LogP contribution in [0.5, 0.6) is 0 Å². The van der Waals surface area contributed by atoms with Gasteiger partial charge in [0.2, 0.25) is 10.2 Å². The second-order valence-corrected chi connectivity index (χ2v) is 7.47. The fourth-order valence-corrected chi connectivity index (χ4v) is 4.08. The Morgan fingerprint density at radius 1 is 1.79 bits per heavy atom. The van der Waals surface area contributed by atoms with Crippen LogP contribution in [0.25, 0.3) is 0 Å². The van der Waals surface area contributed by atoms with Crippen LogP contribution < -0.4 is 5.32 Å². The minimum absolute atomic E-state index is 0.101. The Morgan fingerprint density at radius 3 is 3.00 bits per heavy atom. The monoisotopic (exact) mass is 254 g/mol. The lowest BCUT2D eigenvalue weighted by Crippen LogP contribution is -2.33. The molecule has 0 saturated carbocycles. The van der Waals surface area contributed by atoms with E-state index in [1.165, 1.54) is 0 Å². The van der Waals surface area contributed by atoms with Crippen molar-refractivity contribution >= 4 is 38.5 Å². The summed E-state index contributed by atoms with van der Waals surface area (Å²) >= 11 is 6.72. The SMILES string of the molecule is CCCSC(=S)N[C@H]1CC[S+](=O)(O)C1. The second-order valence-electron chi connectivity index (χ2n) is 3.41. The van der Waals surface area contributed by atoms with Crippen LogP contribution >= 0.6 is 24.0 Å². The van der Waals surface area contributed by atoms with Crippen molar-refractivity contribution in [2.24, 2.45) is 0 Å². The predicted octanol–water partition coefficient (Wildman–Crippen LogP) is 1.75. The lowest BCUT2D eigenvalue weighted by molar-refractivity contribution is 0.502. The number of thiocarbonyl (C=S) groups is 1. The molecule has 0 aromatic carbocycles. The van der Waals surface area contributed by atoms with Gasteiger partial charge in [-0.2, -0.15) is 4.55 Å². The van der Waals surface area contributed by atoms with Crippen molar-refractivity contribution in [3.63, 3.8) is 0 Å². The average molecular weight is 254 g/mol. The Kier molecular flexibility index (Phi) is 4.82. The molecule has 1 saturated heterocycles. The summed E-state index contributed by atoms with van der Waals surface area (Å²) in [5.41, 5.74) is 0. The molecule has 3 nitrogen and oxygen atoms in total. The molecule has 1 unspecified atom stereocenters. The lowest BCUT2D eigenvalue weighted by atomic mass is 10.3. The maximum absolute atomic E-state index is 11.3. The molecule has 6 heteroatoms. The Labute approximate surface area is 95.7 Å². The van der Waals surface area contributed by atoms with E-state index in [0.717, 1.165) is 22.9 Å². The van der Waals surface area contributed by atoms with Crippen LogP contribution in [0.2, 0.25) is 0 Å². The first-order valence-electron chi connectivity index (χ1n) is 4.69. The highest BCUT2D eigenvalue weighted by Crippen LogP contribution is 2.17. The Balaban J connectivity index is 2.25. The minimum Gasteiger partial charge on any atom is -0.363 e. The van der Waals surface area contributed by atoms with E-state index in [0.29, 0.717) is 11.5 Å². The van der Waals surface area contributed by atoms with Gasteiger partial charge in [0.15, 0.2) is 5.75 Å². The molecule has 0 spiro atoms. The van der Waals surface area contributed by atoms with Gasteiger partial charge in [-0.25, -0.2) is 0 Å². The number of thioether (sulfide) groups is 1. The lowest BCUT2D eigenvalue weighted by Gasteiger charge is -2.10. The molecule has 1 heterocycles. The zero-order valence-corrected chi connectivity index (χ0v) is 10.6. The summed E-state index contributed by atoms with van der Waals surface area (Å²) in [5.74, 6) is 1.76. The van der Waals surface area contributed by atoms with E-state index in [9.17, 15) is 8.76 Å². The van der Waals surface area contributed by atoms with Crippen LogP contribution in [0.1, 0.15) is 19.8 Å². The van der Waals surface area contributed by atoms with Gasteiger partial charge in [-0.3, -0.25) is 0 Å². The second kappa shape index (κ2) is 5.44. The normalized spacial score (nSPS) is 31.7. The first kappa shape index (κ1) is 12.4. The van der Waals surface area contributed by atoms with Crippen molar-refractivity contribution in [1.29, 1.82) is 0 Å². The van der Waals surface area contributed by atoms with Gasteiger partial charge in [-0.15, -0.1) is 0 Å². The van der Waals surface area contributed by atoms with Gasteiger partial charge >= 0.3 is 0 Å². The first-order valence-corrected chi connectivity index (χ1v) is 7.93. The molecule has 1 fully saturated rings. The Bertz CT molecular complexity index is 257. The molecular formula is C8H16NO2S3+. The van der Waals surface area contributed by atoms with Crippen molar-refractivity contribution in [2.75, 3.05) is 17.3 Å². The molecule has 14 heavy (non-hydrogen) atoms. The Morgan fingerprint density at radius 2 is 2.50 bits per heavy atom. The highest BCUT2D eigenvalue weighted by molar-refractivity contribution is 8.22. The summed E-state index contributed by atoms with van der Waals surface area (Å²) in [4.78, 5) is 0. The van der Waals surface area contributed by atoms with E-state index < -0.39 is 10.2 Å². The van der Waals surface area contributed by atoms with Gasteiger partial charge in [0.25, 0.3) is 0 Å². The molecule has 1 rings (SSSR count). The van der Waals surface area contributed by atoms with Crippen molar-refractivity contribution in [3.8, 4) is 0 Å². The van der Waals surface area contributed by atoms with Crippen LogP contribution in [0.3, 0.4) is 0 Å². The minimum atomic E-state index is -2.54. The van der Waals surface area contributed by atoms with E-state index in [4.69, 9.17) is 12.2 Å². The standard InChI is InChI=1S/C8H15NO2S3/c1-2-4-13-8(12)9-7-3-5-14(10,11)6-7/h7H,2-6H2,1H3,(H-,9,10,11,12)/p+1/t7-/m0/s1. The number of nitrogens with one attached hydrogen (secondary N) is 1. The van der Waals surface area contributed by atoms with Gasteiger partial charge in [0.1, 0.15) is 10.1 Å². The van der Waals surface area contributed by atoms with Gasteiger partial charge in [-0.1, -0.05) is 35.1 Å². The maximum Gasteiger partial charge on any atom is 0.216 e. The summed E-state index contributed by atoms with van der Waals surface area (Å²) < 4.78 is 21.3. The molecule has 0 aromatic heterocycles. The number of hydrogen-bond donors (Lipinski definition) is 2. The van der Waals surface area contributed by atoms with Gasteiger partial charge in [0.05, 0.1) is 6.04 Å². The summed E-state index contributed by atoms with van der Waals surface area (Å²) in [6.07, 6.45) is 1.84. The highest BCUT2D eigenvalue weighted by Gasteiger charge is 2.38. The smallest absolute Gasteiger partial charge is 0.216 e. The predicted molar refractivity (Wildman–Crippen MR) is 67.3 cm³/mol. The number of rotatable bonds is 3. The topological polar surface area (TPSA) is 49.3 Å². The van der Waals surface area contributed by atoms with Gasteiger partial charge in [0, 0.05) is 6.42 Å². The molecule has 0 radical (unpaired) electrons. The fraction of sp³-hybridized carbons (Fsp3) is 0.875. The summed E-state index contributed by atoms with van der Waals surface area (Å²) in [7, 11) is -2.54. The molecular weight excluding hydrogens is 238 g/mol. The maximum atomic E-state index is 11.3. The van der Waals surface area contributed by atoms with Crippen molar-refractivity contribution in [3.05, 3.63) is 0 Å². The summed E-state index contributed by atoms with van der Waals surface area (Å²) in [6.45, 7) is 2.10. The Hall–Kier alpha value is 0.350. The molecule has 0 bridgehead atoms. The molecule has 2 N–H and O–H groups in total. The van der Waals surface area contributed by atoms with Gasteiger partial charge in [-0.05, 0) is 12.2 Å². The quantitative estimate of drug-likeness (QED) is 0.593. The molecule has 2 atom stereocenters. The fourth-order valence-electron chi connectivity index (χ4n) is 1.32. The summed E-state index contributed by atoms with van der Waals surface area (Å²) in [6, 6.07) is 0.101. The molecule has 0 amide bonds. The molecule has 0 aliphatic carbocycles. The van der Waals surface area contributed by atoms with E-state index >= 15 is 0 Å². The van der Waals surface area contributed by atoms with Crippen LogP contribution in [0.15, 0.2) is 0 Å². The largest absolute Gasteiger partial charge is 0.363 e. The van der Waals surface area contributed by atoms with Crippen LogP contribution in [-0.4, -0.2) is 32.2 Å². The van der Waals surface area contributed by atoms with Crippen LogP contribution in [0, 0.1) is 0 Å². The van der Waals surface area contributed by atoms with E-state index in [-0.39, 0.29) is 6.04 Å². The zero-order valence-electron chi connectivity index (χ0n) is 8.19. The summed E-state index contributed by atoms with van der Waals surface area (Å²) in [5, 5.41) is 3.12. The van der Waals surface area contributed by atoms with Crippen molar-refractivity contribution in [1.82, 2.24) is 5.32 Å². The third kappa shape index (κ3) is 4.25. The molecule has 1 aliphatic rings. The highest BCUT2D eigenvalue weighted by atomic mass is 32.3. The first-order chi connectivity index (χ1) is 6.53. The average Bonchev–Trinajstić information content (AvgIpc) is 2.42. The molecule has 1 aliphatic heterocycles. The zero-order chi connectivity index (χ0) is 10.6.